The minimum absolute atomic E-state index is 0.179. The summed E-state index contributed by atoms with van der Waals surface area (Å²) >= 11 is 6.03. The Morgan fingerprint density at radius 3 is 2.38 bits per heavy atom. The summed E-state index contributed by atoms with van der Waals surface area (Å²) in [4.78, 5) is 51.0. The molecule has 5 aliphatic rings. The predicted molar refractivity (Wildman–Crippen MR) is 168 cm³/mol. The number of benzene rings is 2. The van der Waals surface area contributed by atoms with Gasteiger partial charge in [-0.3, -0.25) is 9.59 Å². The zero-order chi connectivity index (χ0) is 31.3. The van der Waals surface area contributed by atoms with Gasteiger partial charge in [0.25, 0.3) is 0 Å². The summed E-state index contributed by atoms with van der Waals surface area (Å²) in [7, 11) is 0. The number of piperidine rings is 2. The zero-order valence-corrected chi connectivity index (χ0v) is 26.0. The number of amides is 2. The highest BCUT2D eigenvalue weighted by atomic mass is 35.5. The molecule has 238 valence electrons. The second kappa shape index (κ2) is 11.9. The number of aromatic nitrogens is 1. The Bertz CT molecular complexity index is 1560. The maximum Gasteiger partial charge on any atom is 0.427 e. The van der Waals surface area contributed by atoms with Gasteiger partial charge in [0.05, 0.1) is 13.0 Å². The Morgan fingerprint density at radius 2 is 1.69 bits per heavy atom. The molecule has 3 saturated heterocycles. The van der Waals surface area contributed by atoms with Gasteiger partial charge in [0.1, 0.15) is 17.4 Å². The van der Waals surface area contributed by atoms with E-state index < -0.39 is 29.7 Å². The average molecular weight is 635 g/mol. The fourth-order valence-electron chi connectivity index (χ4n) is 8.44. The number of halogens is 1. The summed E-state index contributed by atoms with van der Waals surface area (Å²) in [5.41, 5.74) is 0.353. The number of hydroxylamine groups is 2. The van der Waals surface area contributed by atoms with Gasteiger partial charge in [-0.05, 0) is 86.8 Å². The molecular weight excluding hydrogens is 596 g/mol. The SMILES string of the molecule is C[C@](Cc1c[nH]c2ccccc12)(NC(=O)ON1C2CC3CC(C2)CC1C3)C(=O)N1C[C@H](Oc2ccc(Cl)cc2)C[C@@H]1CC(=O)O. The van der Waals surface area contributed by atoms with Crippen LogP contribution in [-0.4, -0.2) is 74.3 Å². The van der Waals surface area contributed by atoms with E-state index >= 15 is 0 Å². The van der Waals surface area contributed by atoms with E-state index in [0.29, 0.717) is 29.0 Å². The number of likely N-dealkylation sites (tertiary alicyclic amines) is 1. The highest BCUT2D eigenvalue weighted by molar-refractivity contribution is 6.30. The molecule has 10 nitrogen and oxygen atoms in total. The number of rotatable bonds is 9. The van der Waals surface area contributed by atoms with Crippen LogP contribution in [0.15, 0.2) is 54.7 Å². The van der Waals surface area contributed by atoms with Crippen LogP contribution in [0.5, 0.6) is 5.75 Å². The van der Waals surface area contributed by atoms with Crippen LogP contribution in [-0.2, 0) is 20.8 Å². The van der Waals surface area contributed by atoms with E-state index in [1.165, 1.54) is 6.42 Å². The molecule has 4 bridgehead atoms. The number of nitrogens with one attached hydrogen (secondary N) is 2. The zero-order valence-electron chi connectivity index (χ0n) is 25.3. The number of H-pyrrole nitrogens is 1. The van der Waals surface area contributed by atoms with Crippen molar-refractivity contribution in [3.63, 3.8) is 0 Å². The van der Waals surface area contributed by atoms with E-state index in [1.807, 2.05) is 35.5 Å². The van der Waals surface area contributed by atoms with Crippen molar-refractivity contribution in [2.24, 2.45) is 11.8 Å². The van der Waals surface area contributed by atoms with Crippen molar-refractivity contribution in [2.45, 2.75) is 88.1 Å². The molecule has 2 aliphatic carbocycles. The maximum atomic E-state index is 14.6. The third-order valence-electron chi connectivity index (χ3n) is 10.2. The minimum Gasteiger partial charge on any atom is -0.489 e. The molecule has 3 atom stereocenters. The lowest BCUT2D eigenvalue weighted by atomic mass is 9.64. The molecule has 45 heavy (non-hydrogen) atoms. The minimum atomic E-state index is -1.43. The summed E-state index contributed by atoms with van der Waals surface area (Å²) in [5.74, 6) is 0.603. The van der Waals surface area contributed by atoms with Crippen LogP contribution in [0.2, 0.25) is 5.02 Å². The van der Waals surface area contributed by atoms with Gasteiger partial charge in [-0.25, -0.2) is 4.79 Å². The number of hydrogen-bond donors (Lipinski definition) is 3. The lowest BCUT2D eigenvalue weighted by Gasteiger charge is -2.54. The van der Waals surface area contributed by atoms with Crippen molar-refractivity contribution in [1.29, 1.82) is 0 Å². The Morgan fingerprint density at radius 1 is 1.00 bits per heavy atom. The van der Waals surface area contributed by atoms with Gasteiger partial charge in [0.2, 0.25) is 5.91 Å². The fourth-order valence-corrected chi connectivity index (χ4v) is 8.57. The van der Waals surface area contributed by atoms with Gasteiger partial charge in [-0.2, -0.15) is 0 Å². The third kappa shape index (κ3) is 6.10. The van der Waals surface area contributed by atoms with Crippen LogP contribution >= 0.6 is 11.6 Å². The van der Waals surface area contributed by atoms with Crippen molar-refractivity contribution in [3.05, 3.63) is 65.3 Å². The van der Waals surface area contributed by atoms with E-state index in [2.05, 4.69) is 10.3 Å². The van der Waals surface area contributed by atoms with Crippen LogP contribution in [0.25, 0.3) is 10.9 Å². The van der Waals surface area contributed by atoms with Crippen molar-refractivity contribution in [3.8, 4) is 5.75 Å². The van der Waals surface area contributed by atoms with Gasteiger partial charge in [-0.1, -0.05) is 29.8 Å². The molecule has 4 heterocycles. The highest BCUT2D eigenvalue weighted by Crippen LogP contribution is 2.49. The molecular formula is C34H39ClN4O6. The first-order valence-electron chi connectivity index (χ1n) is 15.9. The number of nitrogens with zero attached hydrogens (tertiary/aromatic N) is 2. The molecule has 0 radical (unpaired) electrons. The topological polar surface area (TPSA) is 124 Å². The standard InChI is InChI=1S/C34H39ClN4O6/c1-34(17-22-18-36-30-5-3-2-4-29(22)30,37-33(43)45-39-25-11-20-10-21(13-25)14-26(39)12-20)32(42)38-19-28(15-24(38)16-31(40)41)44-27-8-6-23(35)7-9-27/h2-9,18,20-21,24-26,28,36H,10-17,19H2,1H3,(H,37,43)(H,40,41)/t20?,21?,24-,25?,26?,28-,34-/m1/s1. The summed E-state index contributed by atoms with van der Waals surface area (Å²) in [6, 6.07) is 14.6. The van der Waals surface area contributed by atoms with Crippen LogP contribution in [0, 0.1) is 11.8 Å². The van der Waals surface area contributed by atoms with E-state index in [1.54, 1.807) is 36.1 Å². The van der Waals surface area contributed by atoms with Crippen LogP contribution < -0.4 is 10.1 Å². The number of fused-ring (bicyclic) bond motifs is 1. The van der Waals surface area contributed by atoms with Crippen molar-refractivity contribution >= 4 is 40.5 Å². The van der Waals surface area contributed by atoms with Crippen LogP contribution in [0.3, 0.4) is 0 Å². The van der Waals surface area contributed by atoms with E-state index in [0.717, 1.165) is 42.1 Å². The summed E-state index contributed by atoms with van der Waals surface area (Å²) < 4.78 is 6.17. The Balaban J connectivity index is 1.14. The van der Waals surface area contributed by atoms with Crippen molar-refractivity contribution in [1.82, 2.24) is 20.3 Å². The molecule has 8 rings (SSSR count). The van der Waals surface area contributed by atoms with E-state index in [9.17, 15) is 19.5 Å². The number of carboxylic acid groups (broad SMARTS) is 1. The molecule has 2 saturated carbocycles. The first-order chi connectivity index (χ1) is 21.6. The molecule has 3 aromatic rings. The average Bonchev–Trinajstić information content (AvgIpc) is 3.58. The second-order valence-electron chi connectivity index (χ2n) is 13.6. The first-order valence-corrected chi connectivity index (χ1v) is 16.3. The molecule has 5 fully saturated rings. The Kier molecular flexibility index (Phi) is 7.90. The number of ether oxygens (including phenoxy) is 1. The van der Waals surface area contributed by atoms with Crippen LogP contribution in [0.1, 0.15) is 57.4 Å². The van der Waals surface area contributed by atoms with E-state index in [-0.39, 0.29) is 37.4 Å². The largest absolute Gasteiger partial charge is 0.489 e. The predicted octanol–water partition coefficient (Wildman–Crippen LogP) is 5.55. The molecule has 3 aliphatic heterocycles. The normalized spacial score (nSPS) is 28.6. The maximum absolute atomic E-state index is 14.6. The number of carboxylic acids is 1. The Labute approximate surface area is 266 Å². The smallest absolute Gasteiger partial charge is 0.427 e. The van der Waals surface area contributed by atoms with Crippen molar-refractivity contribution in [2.75, 3.05) is 6.54 Å². The van der Waals surface area contributed by atoms with Gasteiger partial charge >= 0.3 is 12.1 Å². The second-order valence-corrected chi connectivity index (χ2v) is 14.0. The lowest BCUT2D eigenvalue weighted by molar-refractivity contribution is -0.228. The molecule has 2 aromatic carbocycles. The number of carbonyl (C=O) groups is 3. The highest BCUT2D eigenvalue weighted by Gasteiger charge is 2.50. The van der Waals surface area contributed by atoms with Gasteiger partial charge in [0.15, 0.2) is 0 Å². The molecule has 3 N–H and O–H groups in total. The summed E-state index contributed by atoms with van der Waals surface area (Å²) in [6.07, 6.45) is 6.46. The van der Waals surface area contributed by atoms with Crippen LogP contribution in [0.4, 0.5) is 4.79 Å². The molecule has 0 unspecified atom stereocenters. The van der Waals surface area contributed by atoms with Gasteiger partial charge in [-0.15, -0.1) is 5.06 Å². The monoisotopic (exact) mass is 634 g/mol. The van der Waals surface area contributed by atoms with Crippen molar-refractivity contribution < 1.29 is 29.1 Å². The number of aliphatic carboxylic acids is 1. The lowest BCUT2D eigenvalue weighted by Crippen LogP contribution is -2.63. The Hall–Kier alpha value is -3.76. The number of hydrogen-bond acceptors (Lipinski definition) is 6. The fraction of sp³-hybridized carbons (Fsp3) is 0.500. The number of para-hydroxylation sites is 1. The van der Waals surface area contributed by atoms with Gasteiger partial charge < -0.3 is 29.9 Å². The van der Waals surface area contributed by atoms with Gasteiger partial charge in [0, 0.05) is 53.1 Å². The quantitative estimate of drug-likeness (QED) is 0.282. The molecule has 0 spiro atoms. The molecule has 11 heteroatoms. The first kappa shape index (κ1) is 29.9. The summed E-state index contributed by atoms with van der Waals surface area (Å²) in [5, 5.41) is 16.1. The third-order valence-corrected chi connectivity index (χ3v) is 10.5. The molecule has 1 aromatic heterocycles. The number of aromatic amines is 1. The van der Waals surface area contributed by atoms with E-state index in [4.69, 9.17) is 21.2 Å². The number of carbonyl (C=O) groups excluding carboxylic acids is 2. The molecule has 2 amide bonds. The summed E-state index contributed by atoms with van der Waals surface area (Å²) in [6.45, 7) is 1.88.